The summed E-state index contributed by atoms with van der Waals surface area (Å²) < 4.78 is 38.9. The Balaban J connectivity index is 1.43. The number of imide groups is 1. The van der Waals surface area contributed by atoms with Gasteiger partial charge in [0, 0.05) is 36.9 Å². The molecule has 2 aliphatic heterocycles. The standard InChI is InChI=1S/C21H19ClF3N3O2/c22-15-4-6-16(7-5-15)28-19(29)13-18(20(28)30)27-10-8-26(9-11-27)17-3-1-2-14(12-17)21(23,24)25/h1-7,12,18H,8-11,13H2. The van der Waals surface area contributed by atoms with Crippen LogP contribution in [-0.2, 0) is 15.8 Å². The number of benzene rings is 2. The van der Waals surface area contributed by atoms with Crippen molar-refractivity contribution in [2.45, 2.75) is 18.6 Å². The molecule has 2 saturated heterocycles. The molecule has 5 nitrogen and oxygen atoms in total. The number of rotatable bonds is 3. The highest BCUT2D eigenvalue weighted by atomic mass is 35.5. The summed E-state index contributed by atoms with van der Waals surface area (Å²) in [5, 5.41) is 0.514. The van der Waals surface area contributed by atoms with Gasteiger partial charge in [-0.1, -0.05) is 17.7 Å². The number of amides is 2. The second-order valence-corrected chi connectivity index (χ2v) is 7.77. The zero-order chi connectivity index (χ0) is 21.5. The highest BCUT2D eigenvalue weighted by Gasteiger charge is 2.43. The van der Waals surface area contributed by atoms with Crippen molar-refractivity contribution in [3.8, 4) is 0 Å². The Hall–Kier alpha value is -2.58. The van der Waals surface area contributed by atoms with Crippen LogP contribution in [0.3, 0.4) is 0 Å². The molecule has 2 aromatic rings. The number of carbonyl (C=O) groups excluding carboxylic acids is 2. The van der Waals surface area contributed by atoms with Crippen molar-refractivity contribution in [3.05, 3.63) is 59.1 Å². The molecule has 0 spiro atoms. The molecule has 0 aromatic heterocycles. The third-order valence-electron chi connectivity index (χ3n) is 5.50. The summed E-state index contributed by atoms with van der Waals surface area (Å²) in [6.07, 6.45) is -4.30. The van der Waals surface area contributed by atoms with Crippen LogP contribution >= 0.6 is 11.6 Å². The largest absolute Gasteiger partial charge is 0.416 e. The number of anilines is 2. The van der Waals surface area contributed by atoms with Gasteiger partial charge in [-0.05, 0) is 42.5 Å². The molecule has 0 aliphatic carbocycles. The first-order valence-electron chi connectivity index (χ1n) is 9.52. The number of piperazine rings is 1. The Morgan fingerprint density at radius 1 is 0.900 bits per heavy atom. The van der Waals surface area contributed by atoms with E-state index in [1.54, 1.807) is 30.3 Å². The lowest BCUT2D eigenvalue weighted by Gasteiger charge is -2.38. The fourth-order valence-electron chi connectivity index (χ4n) is 3.93. The van der Waals surface area contributed by atoms with Gasteiger partial charge in [0.25, 0.3) is 5.91 Å². The van der Waals surface area contributed by atoms with Crippen molar-refractivity contribution in [2.24, 2.45) is 0 Å². The Morgan fingerprint density at radius 3 is 2.20 bits per heavy atom. The van der Waals surface area contributed by atoms with Gasteiger partial charge in [0.2, 0.25) is 5.91 Å². The fraction of sp³-hybridized carbons (Fsp3) is 0.333. The molecule has 0 saturated carbocycles. The highest BCUT2D eigenvalue weighted by Crippen LogP contribution is 2.32. The van der Waals surface area contributed by atoms with E-state index in [0.717, 1.165) is 12.1 Å². The lowest BCUT2D eigenvalue weighted by Crippen LogP contribution is -2.52. The quantitative estimate of drug-likeness (QED) is 0.685. The maximum Gasteiger partial charge on any atom is 0.416 e. The molecule has 9 heteroatoms. The summed E-state index contributed by atoms with van der Waals surface area (Å²) in [7, 11) is 0. The molecule has 4 rings (SSSR count). The van der Waals surface area contributed by atoms with Crippen LogP contribution in [0.1, 0.15) is 12.0 Å². The molecule has 30 heavy (non-hydrogen) atoms. The minimum absolute atomic E-state index is 0.0883. The van der Waals surface area contributed by atoms with Gasteiger partial charge in [0.15, 0.2) is 0 Å². The second kappa shape index (κ2) is 7.92. The summed E-state index contributed by atoms with van der Waals surface area (Å²) in [5.74, 6) is -0.553. The molecule has 2 aliphatic rings. The molecule has 1 unspecified atom stereocenters. The number of carbonyl (C=O) groups is 2. The molecule has 2 amide bonds. The van der Waals surface area contributed by atoms with Crippen molar-refractivity contribution in [1.29, 1.82) is 0 Å². The lowest BCUT2D eigenvalue weighted by molar-refractivity contribution is -0.137. The van der Waals surface area contributed by atoms with Crippen LogP contribution < -0.4 is 9.80 Å². The highest BCUT2D eigenvalue weighted by molar-refractivity contribution is 6.30. The van der Waals surface area contributed by atoms with Gasteiger partial charge < -0.3 is 4.90 Å². The minimum Gasteiger partial charge on any atom is -0.369 e. The molecule has 2 heterocycles. The van der Waals surface area contributed by atoms with E-state index in [-0.39, 0.29) is 18.2 Å². The zero-order valence-corrected chi connectivity index (χ0v) is 16.7. The normalized spacial score (nSPS) is 20.9. The second-order valence-electron chi connectivity index (χ2n) is 7.33. The van der Waals surface area contributed by atoms with Crippen LogP contribution in [0, 0.1) is 0 Å². The van der Waals surface area contributed by atoms with E-state index in [4.69, 9.17) is 11.6 Å². The van der Waals surface area contributed by atoms with Crippen molar-refractivity contribution < 1.29 is 22.8 Å². The number of hydrogen-bond acceptors (Lipinski definition) is 4. The fourth-order valence-corrected chi connectivity index (χ4v) is 4.06. The van der Waals surface area contributed by atoms with Crippen LogP contribution in [0.5, 0.6) is 0 Å². The number of hydrogen-bond donors (Lipinski definition) is 0. The van der Waals surface area contributed by atoms with E-state index in [9.17, 15) is 22.8 Å². The Bertz CT molecular complexity index is 957. The lowest BCUT2D eigenvalue weighted by atomic mass is 10.1. The third-order valence-corrected chi connectivity index (χ3v) is 5.75. The maximum absolute atomic E-state index is 13.0. The molecule has 158 valence electrons. The molecule has 0 radical (unpaired) electrons. The molecule has 0 bridgehead atoms. The molecule has 2 aromatic carbocycles. The van der Waals surface area contributed by atoms with Crippen LogP contribution in [0.15, 0.2) is 48.5 Å². The molecular formula is C21H19ClF3N3O2. The van der Waals surface area contributed by atoms with Gasteiger partial charge in [-0.15, -0.1) is 0 Å². The summed E-state index contributed by atoms with van der Waals surface area (Å²) in [6.45, 7) is 1.91. The monoisotopic (exact) mass is 437 g/mol. The predicted octanol–water partition coefficient (Wildman–Crippen LogP) is 3.81. The predicted molar refractivity (Wildman–Crippen MR) is 108 cm³/mol. The van der Waals surface area contributed by atoms with Gasteiger partial charge in [-0.25, -0.2) is 4.90 Å². The molecule has 1 atom stereocenters. The number of alkyl halides is 3. The van der Waals surface area contributed by atoms with Crippen LogP contribution in [0.2, 0.25) is 5.02 Å². The summed E-state index contributed by atoms with van der Waals surface area (Å²) >= 11 is 5.88. The van der Waals surface area contributed by atoms with E-state index in [1.807, 2.05) is 9.80 Å². The summed E-state index contributed by atoms with van der Waals surface area (Å²) in [6, 6.07) is 11.2. The molecule has 0 N–H and O–H groups in total. The van der Waals surface area contributed by atoms with E-state index >= 15 is 0 Å². The number of nitrogens with zero attached hydrogens (tertiary/aromatic N) is 3. The van der Waals surface area contributed by atoms with E-state index in [1.165, 1.54) is 11.0 Å². The van der Waals surface area contributed by atoms with Crippen LogP contribution in [0.4, 0.5) is 24.5 Å². The summed E-state index contributed by atoms with van der Waals surface area (Å²) in [4.78, 5) is 30.3. The average Bonchev–Trinajstić information content (AvgIpc) is 3.02. The Labute approximate surface area is 176 Å². The van der Waals surface area contributed by atoms with Gasteiger partial charge >= 0.3 is 6.18 Å². The van der Waals surface area contributed by atoms with Crippen molar-refractivity contribution in [1.82, 2.24) is 4.90 Å². The zero-order valence-electron chi connectivity index (χ0n) is 15.9. The van der Waals surface area contributed by atoms with Crippen LogP contribution in [0.25, 0.3) is 0 Å². The van der Waals surface area contributed by atoms with E-state index in [0.29, 0.717) is 42.6 Å². The van der Waals surface area contributed by atoms with Crippen molar-refractivity contribution in [2.75, 3.05) is 36.0 Å². The summed E-state index contributed by atoms with van der Waals surface area (Å²) in [5.41, 5.74) is 0.304. The minimum atomic E-state index is -4.39. The maximum atomic E-state index is 13.0. The Morgan fingerprint density at radius 2 is 1.57 bits per heavy atom. The van der Waals surface area contributed by atoms with Crippen LogP contribution in [-0.4, -0.2) is 48.9 Å². The first-order chi connectivity index (χ1) is 14.2. The SMILES string of the molecule is O=C1CC(N2CCN(c3cccc(C(F)(F)F)c3)CC2)C(=O)N1c1ccc(Cl)cc1. The topological polar surface area (TPSA) is 43.9 Å². The van der Waals surface area contributed by atoms with Crippen molar-refractivity contribution in [3.63, 3.8) is 0 Å². The first-order valence-corrected chi connectivity index (χ1v) is 9.90. The number of halogens is 4. The Kier molecular flexibility index (Phi) is 5.46. The third kappa shape index (κ3) is 4.02. The average molecular weight is 438 g/mol. The van der Waals surface area contributed by atoms with E-state index in [2.05, 4.69) is 0 Å². The van der Waals surface area contributed by atoms with Gasteiger partial charge in [0.05, 0.1) is 23.7 Å². The molecular weight excluding hydrogens is 419 g/mol. The smallest absolute Gasteiger partial charge is 0.369 e. The van der Waals surface area contributed by atoms with Gasteiger partial charge in [-0.2, -0.15) is 13.2 Å². The first kappa shape index (κ1) is 20.7. The van der Waals surface area contributed by atoms with Gasteiger partial charge in [-0.3, -0.25) is 14.5 Å². The van der Waals surface area contributed by atoms with E-state index < -0.39 is 17.8 Å². The van der Waals surface area contributed by atoms with Gasteiger partial charge in [0.1, 0.15) is 0 Å². The van der Waals surface area contributed by atoms with Crippen molar-refractivity contribution >= 4 is 34.8 Å². The molecule has 2 fully saturated rings.